The average Bonchev–Trinajstić information content (AvgIpc) is 2.48. The van der Waals surface area contributed by atoms with Crippen molar-refractivity contribution in [3.63, 3.8) is 0 Å². The van der Waals surface area contributed by atoms with Gasteiger partial charge in [0, 0.05) is 17.1 Å². The molecule has 0 radical (unpaired) electrons. The zero-order valence-corrected chi connectivity index (χ0v) is 7.85. The Hall–Kier alpha value is -1.28. The fourth-order valence-corrected chi connectivity index (χ4v) is 1.63. The summed E-state index contributed by atoms with van der Waals surface area (Å²) in [5, 5.41) is 1.55. The van der Waals surface area contributed by atoms with Gasteiger partial charge in [-0.2, -0.15) is 0 Å². The van der Waals surface area contributed by atoms with E-state index in [-0.39, 0.29) is 5.78 Å². The number of carbonyl (C=O) groups is 1. The Kier molecular flexibility index (Phi) is 1.85. The van der Waals surface area contributed by atoms with E-state index in [1.165, 1.54) is 0 Å². The highest BCUT2D eigenvalue weighted by Gasteiger charge is 2.08. The Morgan fingerprint density at radius 1 is 1.46 bits per heavy atom. The van der Waals surface area contributed by atoms with E-state index in [4.69, 9.17) is 11.6 Å². The van der Waals surface area contributed by atoms with Crippen LogP contribution in [0.1, 0.15) is 17.3 Å². The van der Waals surface area contributed by atoms with Crippen molar-refractivity contribution in [2.45, 2.75) is 6.92 Å². The molecule has 0 saturated carbocycles. The molecule has 0 aliphatic rings. The third-order valence-electron chi connectivity index (χ3n) is 2.04. The number of halogens is 1. The standard InChI is InChI=1S/C10H8ClNO/c1-6(13)7-3-2-4-8-9(11)5-12-10(7)8/h2-5,12H,1H3. The molecule has 0 aliphatic heterocycles. The lowest BCUT2D eigenvalue weighted by Crippen LogP contribution is -1.92. The van der Waals surface area contributed by atoms with Crippen LogP contribution in [0.4, 0.5) is 0 Å². The molecule has 3 heteroatoms. The summed E-state index contributed by atoms with van der Waals surface area (Å²) < 4.78 is 0. The minimum absolute atomic E-state index is 0.0455. The second kappa shape index (κ2) is 2.89. The molecule has 0 saturated heterocycles. The van der Waals surface area contributed by atoms with Crippen molar-refractivity contribution in [1.82, 2.24) is 4.98 Å². The zero-order valence-electron chi connectivity index (χ0n) is 7.10. The third kappa shape index (κ3) is 1.23. The molecule has 0 fully saturated rings. The Labute approximate surface area is 80.5 Å². The van der Waals surface area contributed by atoms with E-state index in [0.717, 1.165) is 10.9 Å². The Morgan fingerprint density at radius 2 is 2.23 bits per heavy atom. The fourth-order valence-electron chi connectivity index (χ4n) is 1.41. The number of hydrogen-bond donors (Lipinski definition) is 1. The van der Waals surface area contributed by atoms with Gasteiger partial charge in [0.2, 0.25) is 0 Å². The van der Waals surface area contributed by atoms with Crippen LogP contribution in [-0.4, -0.2) is 10.8 Å². The highest BCUT2D eigenvalue weighted by molar-refractivity contribution is 6.36. The first-order valence-corrected chi connectivity index (χ1v) is 4.34. The number of carbonyl (C=O) groups excluding carboxylic acids is 1. The van der Waals surface area contributed by atoms with Crippen LogP contribution in [0.2, 0.25) is 5.02 Å². The van der Waals surface area contributed by atoms with Crippen LogP contribution in [0, 0.1) is 0 Å². The number of rotatable bonds is 1. The molecule has 66 valence electrons. The van der Waals surface area contributed by atoms with E-state index in [1.54, 1.807) is 19.2 Å². The minimum Gasteiger partial charge on any atom is -0.359 e. The topological polar surface area (TPSA) is 32.9 Å². The summed E-state index contributed by atoms with van der Waals surface area (Å²) in [6.07, 6.45) is 1.69. The molecule has 1 heterocycles. The van der Waals surface area contributed by atoms with Crippen molar-refractivity contribution in [3.05, 3.63) is 35.0 Å². The highest BCUT2D eigenvalue weighted by atomic mass is 35.5. The Morgan fingerprint density at radius 3 is 2.92 bits per heavy atom. The van der Waals surface area contributed by atoms with Crippen LogP contribution < -0.4 is 0 Å². The van der Waals surface area contributed by atoms with E-state index >= 15 is 0 Å². The zero-order chi connectivity index (χ0) is 9.42. The maximum absolute atomic E-state index is 11.2. The van der Waals surface area contributed by atoms with Gasteiger partial charge in [0.25, 0.3) is 0 Å². The smallest absolute Gasteiger partial charge is 0.161 e. The van der Waals surface area contributed by atoms with Crippen LogP contribution >= 0.6 is 11.6 Å². The first-order chi connectivity index (χ1) is 6.20. The molecule has 1 aromatic carbocycles. The van der Waals surface area contributed by atoms with Crippen LogP contribution in [0.25, 0.3) is 10.9 Å². The molecule has 2 aromatic rings. The van der Waals surface area contributed by atoms with Gasteiger partial charge in [0.1, 0.15) is 0 Å². The number of Topliss-reactive ketones (excluding diaryl/α,β-unsaturated/α-hetero) is 1. The maximum atomic E-state index is 11.2. The van der Waals surface area contributed by atoms with Gasteiger partial charge < -0.3 is 4.98 Å². The molecule has 0 atom stereocenters. The van der Waals surface area contributed by atoms with Crippen LogP contribution in [-0.2, 0) is 0 Å². The van der Waals surface area contributed by atoms with Gasteiger partial charge in [0.15, 0.2) is 5.78 Å². The maximum Gasteiger partial charge on any atom is 0.161 e. The van der Waals surface area contributed by atoms with Crippen LogP contribution in [0.5, 0.6) is 0 Å². The number of nitrogens with one attached hydrogen (secondary N) is 1. The van der Waals surface area contributed by atoms with Crippen molar-refractivity contribution in [2.24, 2.45) is 0 Å². The van der Waals surface area contributed by atoms with Crippen LogP contribution in [0.15, 0.2) is 24.4 Å². The molecule has 0 unspecified atom stereocenters. The van der Waals surface area contributed by atoms with Gasteiger partial charge in [-0.1, -0.05) is 23.7 Å². The molecular weight excluding hydrogens is 186 g/mol. The highest BCUT2D eigenvalue weighted by Crippen LogP contribution is 2.25. The summed E-state index contributed by atoms with van der Waals surface area (Å²) in [6.45, 7) is 1.55. The number of ketones is 1. The SMILES string of the molecule is CC(=O)c1cccc2c(Cl)c[nH]c12. The normalized spacial score (nSPS) is 10.6. The number of benzene rings is 1. The first-order valence-electron chi connectivity index (χ1n) is 3.96. The summed E-state index contributed by atoms with van der Waals surface area (Å²) in [5.74, 6) is 0.0455. The van der Waals surface area contributed by atoms with Gasteiger partial charge in [-0.25, -0.2) is 0 Å². The van der Waals surface area contributed by atoms with Gasteiger partial charge in [-0.05, 0) is 13.0 Å². The molecule has 0 aliphatic carbocycles. The first kappa shape index (κ1) is 8.32. The summed E-state index contributed by atoms with van der Waals surface area (Å²) in [4.78, 5) is 14.2. The lowest BCUT2D eigenvalue weighted by molar-refractivity contribution is 0.101. The van der Waals surface area contributed by atoms with E-state index in [2.05, 4.69) is 4.98 Å². The number of aromatic amines is 1. The number of fused-ring (bicyclic) bond motifs is 1. The quantitative estimate of drug-likeness (QED) is 0.694. The fraction of sp³-hybridized carbons (Fsp3) is 0.100. The van der Waals surface area contributed by atoms with E-state index in [9.17, 15) is 4.79 Å². The van der Waals surface area contributed by atoms with Gasteiger partial charge in [-0.15, -0.1) is 0 Å². The molecular formula is C10H8ClNO. The number of H-pyrrole nitrogens is 1. The summed E-state index contributed by atoms with van der Waals surface area (Å²) in [6, 6.07) is 5.51. The van der Waals surface area contributed by atoms with E-state index in [0.29, 0.717) is 10.6 Å². The van der Waals surface area contributed by atoms with E-state index in [1.807, 2.05) is 12.1 Å². The predicted molar refractivity (Wildman–Crippen MR) is 53.3 cm³/mol. The van der Waals surface area contributed by atoms with Gasteiger partial charge in [0.05, 0.1) is 10.5 Å². The van der Waals surface area contributed by atoms with Crippen molar-refractivity contribution in [1.29, 1.82) is 0 Å². The van der Waals surface area contributed by atoms with Crippen molar-refractivity contribution >= 4 is 28.3 Å². The molecule has 0 amide bonds. The molecule has 1 N–H and O–H groups in total. The molecule has 13 heavy (non-hydrogen) atoms. The Balaban J connectivity index is 2.84. The van der Waals surface area contributed by atoms with Crippen molar-refractivity contribution in [2.75, 3.05) is 0 Å². The number of para-hydroxylation sites is 1. The molecule has 0 spiro atoms. The predicted octanol–water partition coefficient (Wildman–Crippen LogP) is 3.02. The molecule has 2 nitrogen and oxygen atoms in total. The van der Waals surface area contributed by atoms with Gasteiger partial charge >= 0.3 is 0 Å². The summed E-state index contributed by atoms with van der Waals surface area (Å²) >= 11 is 5.91. The number of aromatic nitrogens is 1. The molecule has 1 aromatic heterocycles. The second-order valence-electron chi connectivity index (χ2n) is 2.92. The second-order valence-corrected chi connectivity index (χ2v) is 3.33. The van der Waals surface area contributed by atoms with Gasteiger partial charge in [-0.3, -0.25) is 4.79 Å². The molecule has 0 bridgehead atoms. The average molecular weight is 194 g/mol. The van der Waals surface area contributed by atoms with Crippen molar-refractivity contribution < 1.29 is 4.79 Å². The van der Waals surface area contributed by atoms with Crippen molar-refractivity contribution in [3.8, 4) is 0 Å². The Bertz CT molecular complexity index is 473. The number of hydrogen-bond acceptors (Lipinski definition) is 1. The van der Waals surface area contributed by atoms with E-state index < -0.39 is 0 Å². The largest absolute Gasteiger partial charge is 0.359 e. The monoisotopic (exact) mass is 193 g/mol. The van der Waals surface area contributed by atoms with Crippen LogP contribution in [0.3, 0.4) is 0 Å². The molecule has 2 rings (SSSR count). The minimum atomic E-state index is 0.0455. The third-order valence-corrected chi connectivity index (χ3v) is 2.36. The lowest BCUT2D eigenvalue weighted by Gasteiger charge is -1.97. The lowest BCUT2D eigenvalue weighted by atomic mass is 10.1. The summed E-state index contributed by atoms with van der Waals surface area (Å²) in [7, 11) is 0. The summed E-state index contributed by atoms with van der Waals surface area (Å²) in [5.41, 5.74) is 1.50.